The highest BCUT2D eigenvalue weighted by Gasteiger charge is 2.17. The lowest BCUT2D eigenvalue weighted by Gasteiger charge is -2.30. The van der Waals surface area contributed by atoms with Gasteiger partial charge in [-0.3, -0.25) is 10.00 Å². The second-order valence-electron chi connectivity index (χ2n) is 7.43. The number of aromatic nitrogens is 2. The lowest BCUT2D eigenvalue weighted by molar-refractivity contribution is 0.208. The van der Waals surface area contributed by atoms with E-state index in [1.54, 1.807) is 6.20 Å². The molecular formula is C22H24F2N4. The topological polar surface area (TPSA) is 35.2 Å². The van der Waals surface area contributed by atoms with Gasteiger partial charge < -0.3 is 4.90 Å². The van der Waals surface area contributed by atoms with Crippen molar-refractivity contribution in [2.75, 3.05) is 26.7 Å². The Morgan fingerprint density at radius 2 is 1.96 bits per heavy atom. The smallest absolute Gasteiger partial charge is 0.135 e. The van der Waals surface area contributed by atoms with E-state index in [1.165, 1.54) is 23.3 Å². The predicted molar refractivity (Wildman–Crippen MR) is 106 cm³/mol. The monoisotopic (exact) mass is 382 g/mol. The Hall–Kier alpha value is -2.57. The number of aromatic amines is 1. The van der Waals surface area contributed by atoms with Crippen LogP contribution in [0.25, 0.3) is 11.3 Å². The highest BCUT2D eigenvalue weighted by molar-refractivity contribution is 5.63. The van der Waals surface area contributed by atoms with E-state index < -0.39 is 11.6 Å². The molecule has 2 heterocycles. The molecule has 0 aliphatic carbocycles. The zero-order valence-electron chi connectivity index (χ0n) is 16.0. The normalized spacial score (nSPS) is 14.4. The molecule has 0 bridgehead atoms. The first kappa shape index (κ1) is 18.8. The Morgan fingerprint density at radius 3 is 2.79 bits per heavy atom. The fraction of sp³-hybridized carbons (Fsp3) is 0.318. The maximum absolute atomic E-state index is 14.1. The summed E-state index contributed by atoms with van der Waals surface area (Å²) in [5.41, 5.74) is 4.72. The van der Waals surface area contributed by atoms with Crippen molar-refractivity contribution in [2.24, 2.45) is 0 Å². The van der Waals surface area contributed by atoms with E-state index in [-0.39, 0.29) is 0 Å². The molecule has 28 heavy (non-hydrogen) atoms. The SMILES string of the molecule is CN(CCN1CCc2ccccc2C1)Cc1cn[nH]c1-c1ccc(F)cc1F. The van der Waals surface area contributed by atoms with Gasteiger partial charge in [-0.25, -0.2) is 8.78 Å². The molecule has 3 aromatic rings. The van der Waals surface area contributed by atoms with Crippen molar-refractivity contribution < 1.29 is 8.78 Å². The zero-order chi connectivity index (χ0) is 19.5. The van der Waals surface area contributed by atoms with Crippen LogP contribution in [0.4, 0.5) is 8.78 Å². The van der Waals surface area contributed by atoms with Gasteiger partial charge in [-0.2, -0.15) is 5.10 Å². The molecule has 0 spiro atoms. The van der Waals surface area contributed by atoms with Gasteiger partial charge in [0.25, 0.3) is 0 Å². The van der Waals surface area contributed by atoms with Crippen LogP contribution >= 0.6 is 0 Å². The van der Waals surface area contributed by atoms with Gasteiger partial charge in [0.1, 0.15) is 11.6 Å². The summed E-state index contributed by atoms with van der Waals surface area (Å²) in [5, 5.41) is 6.92. The van der Waals surface area contributed by atoms with Gasteiger partial charge in [-0.15, -0.1) is 0 Å². The molecule has 0 saturated carbocycles. The molecule has 2 aromatic carbocycles. The third-order valence-electron chi connectivity index (χ3n) is 5.37. The molecule has 1 aliphatic heterocycles. The molecule has 1 aromatic heterocycles. The Balaban J connectivity index is 1.36. The fourth-order valence-corrected chi connectivity index (χ4v) is 3.78. The van der Waals surface area contributed by atoms with Crippen LogP contribution < -0.4 is 0 Å². The minimum atomic E-state index is -0.583. The lowest BCUT2D eigenvalue weighted by Crippen LogP contribution is -2.36. The number of rotatable bonds is 6. The van der Waals surface area contributed by atoms with E-state index in [2.05, 4.69) is 51.3 Å². The van der Waals surface area contributed by atoms with E-state index >= 15 is 0 Å². The Morgan fingerprint density at radius 1 is 1.14 bits per heavy atom. The van der Waals surface area contributed by atoms with Crippen LogP contribution in [0.1, 0.15) is 16.7 Å². The summed E-state index contributed by atoms with van der Waals surface area (Å²) in [6, 6.07) is 12.2. The van der Waals surface area contributed by atoms with Crippen LogP contribution in [-0.4, -0.2) is 46.7 Å². The second kappa shape index (κ2) is 8.20. The van der Waals surface area contributed by atoms with Gasteiger partial charge in [0, 0.05) is 49.9 Å². The molecule has 0 fully saturated rings. The van der Waals surface area contributed by atoms with Crippen molar-refractivity contribution in [3.05, 3.63) is 77.0 Å². The van der Waals surface area contributed by atoms with Crippen LogP contribution in [0.15, 0.2) is 48.7 Å². The van der Waals surface area contributed by atoms with Gasteiger partial charge in [-0.05, 0) is 36.7 Å². The van der Waals surface area contributed by atoms with Gasteiger partial charge in [-0.1, -0.05) is 24.3 Å². The van der Waals surface area contributed by atoms with Crippen LogP contribution in [0.3, 0.4) is 0 Å². The lowest BCUT2D eigenvalue weighted by atomic mass is 10.00. The number of benzene rings is 2. The molecule has 4 rings (SSSR count). The summed E-state index contributed by atoms with van der Waals surface area (Å²) in [6.07, 6.45) is 2.81. The number of H-pyrrole nitrogens is 1. The van der Waals surface area contributed by atoms with Crippen LogP contribution in [0, 0.1) is 11.6 Å². The standard InChI is InChI=1S/C22H24F2N4/c1-27(10-11-28-9-8-16-4-2-3-5-17(16)15-28)14-18-13-25-26-22(18)20-7-6-19(23)12-21(20)24/h2-7,12-13H,8-11,14-15H2,1H3,(H,25,26). The summed E-state index contributed by atoms with van der Waals surface area (Å²) in [7, 11) is 2.05. The molecule has 1 N–H and O–H groups in total. The average molecular weight is 382 g/mol. The fourth-order valence-electron chi connectivity index (χ4n) is 3.78. The highest BCUT2D eigenvalue weighted by atomic mass is 19.1. The first-order chi connectivity index (χ1) is 13.6. The highest BCUT2D eigenvalue weighted by Crippen LogP contribution is 2.25. The Labute approximate surface area is 163 Å². The number of halogens is 2. The third-order valence-corrected chi connectivity index (χ3v) is 5.37. The number of hydrogen-bond donors (Lipinski definition) is 1. The van der Waals surface area contributed by atoms with E-state index in [1.807, 2.05) is 0 Å². The first-order valence-corrected chi connectivity index (χ1v) is 9.55. The number of fused-ring (bicyclic) bond motifs is 1. The maximum Gasteiger partial charge on any atom is 0.135 e. The Kier molecular flexibility index (Phi) is 5.50. The number of likely N-dealkylation sites (N-methyl/N-ethyl adjacent to an activating group) is 1. The molecule has 0 radical (unpaired) electrons. The van der Waals surface area contributed by atoms with Gasteiger partial charge in [0.05, 0.1) is 11.9 Å². The third kappa shape index (κ3) is 4.13. The number of nitrogens with one attached hydrogen (secondary N) is 1. The summed E-state index contributed by atoms with van der Waals surface area (Å²) >= 11 is 0. The Bertz CT molecular complexity index is 953. The molecule has 0 atom stereocenters. The minimum absolute atomic E-state index is 0.343. The molecule has 146 valence electrons. The van der Waals surface area contributed by atoms with E-state index in [0.29, 0.717) is 17.8 Å². The van der Waals surface area contributed by atoms with Crippen molar-refractivity contribution in [3.8, 4) is 11.3 Å². The molecule has 0 amide bonds. The van der Waals surface area contributed by atoms with Crippen molar-refractivity contribution in [1.82, 2.24) is 20.0 Å². The van der Waals surface area contributed by atoms with Crippen LogP contribution in [0.2, 0.25) is 0 Å². The maximum atomic E-state index is 14.1. The van der Waals surface area contributed by atoms with Crippen molar-refractivity contribution in [3.63, 3.8) is 0 Å². The summed E-state index contributed by atoms with van der Waals surface area (Å²) < 4.78 is 27.3. The molecule has 0 unspecified atom stereocenters. The molecule has 6 heteroatoms. The summed E-state index contributed by atoms with van der Waals surface area (Å²) in [4.78, 5) is 4.67. The van der Waals surface area contributed by atoms with Crippen molar-refractivity contribution in [1.29, 1.82) is 0 Å². The quantitative estimate of drug-likeness (QED) is 0.703. The van der Waals surface area contributed by atoms with E-state index in [0.717, 1.165) is 44.2 Å². The first-order valence-electron chi connectivity index (χ1n) is 9.55. The molecular weight excluding hydrogens is 358 g/mol. The minimum Gasteiger partial charge on any atom is -0.301 e. The van der Waals surface area contributed by atoms with Crippen molar-refractivity contribution >= 4 is 0 Å². The largest absolute Gasteiger partial charge is 0.301 e. The summed E-state index contributed by atoms with van der Waals surface area (Å²) in [5.74, 6) is -1.16. The average Bonchev–Trinajstić information content (AvgIpc) is 3.14. The van der Waals surface area contributed by atoms with Gasteiger partial charge >= 0.3 is 0 Å². The van der Waals surface area contributed by atoms with Crippen LogP contribution in [-0.2, 0) is 19.5 Å². The van der Waals surface area contributed by atoms with Crippen molar-refractivity contribution in [2.45, 2.75) is 19.5 Å². The second-order valence-corrected chi connectivity index (χ2v) is 7.43. The molecule has 4 nitrogen and oxygen atoms in total. The molecule has 0 saturated heterocycles. The summed E-state index contributed by atoms with van der Waals surface area (Å²) in [6.45, 7) is 4.58. The predicted octanol–water partition coefficient (Wildman–Crippen LogP) is 3.85. The van der Waals surface area contributed by atoms with E-state index in [4.69, 9.17) is 0 Å². The number of nitrogens with zero attached hydrogens (tertiary/aromatic N) is 3. The van der Waals surface area contributed by atoms with E-state index in [9.17, 15) is 8.78 Å². The van der Waals surface area contributed by atoms with Crippen LogP contribution in [0.5, 0.6) is 0 Å². The van der Waals surface area contributed by atoms with Gasteiger partial charge in [0.15, 0.2) is 0 Å². The zero-order valence-corrected chi connectivity index (χ0v) is 16.0. The molecule has 1 aliphatic rings. The van der Waals surface area contributed by atoms with Gasteiger partial charge in [0.2, 0.25) is 0 Å². The number of hydrogen-bond acceptors (Lipinski definition) is 3.